The molecular formula is C44H44Br2N2O4. The van der Waals surface area contributed by atoms with Gasteiger partial charge < -0.3 is 0 Å². The fourth-order valence-electron chi connectivity index (χ4n) is 8.18. The second-order valence-electron chi connectivity index (χ2n) is 15.4. The SMILES string of the molecule is CC(C)=CCC[C@H](C)CCN1C(=O)c2ccc3c4c(Br)cc5c6c(ccc(c7c(Br)cc(c2c37)C1=O)c64)C(=O)N(CC[C@@H](C)CCC=C(C)C)C5=O. The standard InChI is InChI=1S/C44H44Br2N2O4/c1-23(2)9-7-11-25(5)17-19-47-41(49)29-15-13-27-38-34(46)22-32-36-30(42(50)48(44(32)52)20-18-26(6)12-8-10-24(3)4)16-14-28(40(36)38)37-33(45)21-31(43(47)51)35(29)39(27)37/h9-10,13-16,21-22,25-26H,7-8,11-12,17-20H2,1-6H3/t25-,26-/m0/s1. The molecule has 6 nitrogen and oxygen atoms in total. The summed E-state index contributed by atoms with van der Waals surface area (Å²) in [7, 11) is 0. The van der Waals surface area contributed by atoms with Gasteiger partial charge in [0.1, 0.15) is 0 Å². The predicted molar refractivity (Wildman–Crippen MR) is 219 cm³/mol. The molecule has 0 N–H and O–H groups in total. The van der Waals surface area contributed by atoms with Crippen molar-refractivity contribution in [2.75, 3.05) is 13.1 Å². The third-order valence-corrected chi connectivity index (χ3v) is 12.3. The number of allylic oxidation sites excluding steroid dienone is 4. The number of carbonyl (C=O) groups excluding carboxylic acids is 4. The number of imide groups is 2. The van der Waals surface area contributed by atoms with Crippen LogP contribution in [0.2, 0.25) is 0 Å². The maximum absolute atomic E-state index is 14.1. The Morgan fingerprint density at radius 2 is 0.904 bits per heavy atom. The van der Waals surface area contributed by atoms with Crippen LogP contribution in [0.1, 0.15) is 121 Å². The topological polar surface area (TPSA) is 74.8 Å². The molecule has 7 rings (SSSR count). The number of halogens is 2. The third-order valence-electron chi connectivity index (χ3n) is 11.0. The molecule has 0 fully saturated rings. The van der Waals surface area contributed by atoms with Crippen LogP contribution in [0, 0.1) is 11.8 Å². The maximum atomic E-state index is 14.1. The Hall–Kier alpha value is -3.88. The Morgan fingerprint density at radius 3 is 1.27 bits per heavy atom. The van der Waals surface area contributed by atoms with Gasteiger partial charge >= 0.3 is 0 Å². The van der Waals surface area contributed by atoms with Crippen molar-refractivity contribution in [3.8, 4) is 0 Å². The minimum absolute atomic E-state index is 0.272. The zero-order chi connectivity index (χ0) is 37.2. The number of nitrogens with zero attached hydrogens (tertiary/aromatic N) is 2. The molecule has 268 valence electrons. The number of amides is 4. The molecule has 0 saturated carbocycles. The highest BCUT2D eigenvalue weighted by Gasteiger charge is 2.38. The second kappa shape index (κ2) is 14.2. The van der Waals surface area contributed by atoms with E-state index >= 15 is 0 Å². The van der Waals surface area contributed by atoms with E-state index in [1.54, 1.807) is 0 Å². The lowest BCUT2D eigenvalue weighted by atomic mass is 9.82. The second-order valence-corrected chi connectivity index (χ2v) is 17.1. The molecule has 4 amide bonds. The Labute approximate surface area is 321 Å². The van der Waals surface area contributed by atoms with Crippen molar-refractivity contribution in [2.45, 2.75) is 80.1 Å². The first-order chi connectivity index (χ1) is 24.8. The predicted octanol–water partition coefficient (Wildman–Crippen LogP) is 12.0. The van der Waals surface area contributed by atoms with E-state index in [1.165, 1.54) is 20.9 Å². The molecule has 5 aromatic carbocycles. The zero-order valence-electron chi connectivity index (χ0n) is 30.7. The highest BCUT2D eigenvalue weighted by Crippen LogP contribution is 2.50. The van der Waals surface area contributed by atoms with Crippen molar-refractivity contribution in [2.24, 2.45) is 11.8 Å². The van der Waals surface area contributed by atoms with Gasteiger partial charge in [-0.2, -0.15) is 0 Å². The Morgan fingerprint density at radius 1 is 0.538 bits per heavy atom. The summed E-state index contributed by atoms with van der Waals surface area (Å²) in [5.74, 6) is -0.379. The average molecular weight is 825 g/mol. The van der Waals surface area contributed by atoms with E-state index in [2.05, 4.69) is 85.6 Å². The molecule has 2 aliphatic heterocycles. The average Bonchev–Trinajstić information content (AvgIpc) is 3.09. The normalized spacial score (nSPS) is 15.5. The molecular weight excluding hydrogens is 780 g/mol. The number of fused-ring (bicyclic) bond motifs is 2. The van der Waals surface area contributed by atoms with Crippen LogP contribution in [0.3, 0.4) is 0 Å². The largest absolute Gasteiger partial charge is 0.274 e. The van der Waals surface area contributed by atoms with E-state index in [0.29, 0.717) is 58.0 Å². The Bertz CT molecular complexity index is 2230. The van der Waals surface area contributed by atoms with Gasteiger partial charge in [-0.1, -0.05) is 81.1 Å². The van der Waals surface area contributed by atoms with Gasteiger partial charge in [-0.25, -0.2) is 0 Å². The minimum Gasteiger partial charge on any atom is -0.274 e. The Balaban J connectivity index is 1.30. The summed E-state index contributed by atoms with van der Waals surface area (Å²) in [6, 6.07) is 11.3. The fourth-order valence-corrected chi connectivity index (χ4v) is 9.46. The van der Waals surface area contributed by atoms with Crippen LogP contribution < -0.4 is 0 Å². The van der Waals surface area contributed by atoms with Gasteiger partial charge in [-0.05, 0) is 113 Å². The first kappa shape index (κ1) is 36.5. The summed E-state index contributed by atoms with van der Waals surface area (Å²) >= 11 is 7.66. The summed E-state index contributed by atoms with van der Waals surface area (Å²) in [4.78, 5) is 59.1. The van der Waals surface area contributed by atoms with Gasteiger partial charge in [0.25, 0.3) is 23.6 Å². The highest BCUT2D eigenvalue weighted by molar-refractivity contribution is 9.11. The molecule has 0 bridgehead atoms. The van der Waals surface area contributed by atoms with Gasteiger partial charge in [0.05, 0.1) is 0 Å². The molecule has 0 aromatic heterocycles. The molecule has 0 saturated heterocycles. The van der Waals surface area contributed by atoms with Crippen molar-refractivity contribution in [1.82, 2.24) is 9.80 Å². The molecule has 0 spiro atoms. The van der Waals surface area contributed by atoms with Crippen LogP contribution in [0.15, 0.2) is 68.6 Å². The van der Waals surface area contributed by atoms with E-state index in [9.17, 15) is 19.2 Å². The Kier molecular flexibility index (Phi) is 9.94. The van der Waals surface area contributed by atoms with Crippen LogP contribution in [0.5, 0.6) is 0 Å². The molecule has 0 aliphatic carbocycles. The van der Waals surface area contributed by atoms with E-state index in [-0.39, 0.29) is 23.6 Å². The van der Waals surface area contributed by atoms with Crippen LogP contribution >= 0.6 is 31.9 Å². The molecule has 2 aliphatic rings. The summed E-state index contributed by atoms with van der Waals surface area (Å²) < 4.78 is 1.46. The number of hydrogen-bond donors (Lipinski definition) is 0. The summed E-state index contributed by atoms with van der Waals surface area (Å²) in [5.41, 5.74) is 4.62. The van der Waals surface area contributed by atoms with E-state index < -0.39 is 0 Å². The lowest BCUT2D eigenvalue weighted by Gasteiger charge is -2.31. The monoisotopic (exact) mass is 822 g/mol. The van der Waals surface area contributed by atoms with Gasteiger partial charge in [-0.3, -0.25) is 29.0 Å². The number of benzene rings is 5. The van der Waals surface area contributed by atoms with Crippen molar-refractivity contribution >= 4 is 98.6 Å². The van der Waals surface area contributed by atoms with Crippen molar-refractivity contribution in [3.63, 3.8) is 0 Å². The fraction of sp³-hybridized carbons (Fsp3) is 0.364. The zero-order valence-corrected chi connectivity index (χ0v) is 33.9. The van der Waals surface area contributed by atoms with E-state index in [0.717, 1.165) is 79.8 Å². The minimum atomic E-state index is -0.281. The van der Waals surface area contributed by atoms with Crippen LogP contribution in [0.4, 0.5) is 0 Å². The molecule has 52 heavy (non-hydrogen) atoms. The van der Waals surface area contributed by atoms with Gasteiger partial charge in [0.2, 0.25) is 0 Å². The quantitative estimate of drug-likeness (QED) is 0.0543. The first-order valence-corrected chi connectivity index (χ1v) is 20.0. The molecule has 8 heteroatoms. The lowest BCUT2D eigenvalue weighted by molar-refractivity contribution is 0.0586. The molecule has 0 unspecified atom stereocenters. The molecule has 0 radical (unpaired) electrons. The maximum Gasteiger partial charge on any atom is 0.261 e. The van der Waals surface area contributed by atoms with Crippen LogP contribution in [0.25, 0.3) is 43.1 Å². The van der Waals surface area contributed by atoms with Crippen molar-refractivity contribution in [1.29, 1.82) is 0 Å². The van der Waals surface area contributed by atoms with Crippen LogP contribution in [-0.4, -0.2) is 46.5 Å². The van der Waals surface area contributed by atoms with Gasteiger partial charge in [0.15, 0.2) is 0 Å². The number of carbonyl (C=O) groups is 4. The van der Waals surface area contributed by atoms with Gasteiger partial charge in [-0.15, -0.1) is 0 Å². The van der Waals surface area contributed by atoms with E-state index in [1.807, 2.05) is 36.4 Å². The molecule has 2 atom stereocenters. The van der Waals surface area contributed by atoms with Crippen molar-refractivity contribution in [3.05, 3.63) is 90.9 Å². The number of hydrogen-bond acceptors (Lipinski definition) is 4. The smallest absolute Gasteiger partial charge is 0.261 e. The molecule has 2 heterocycles. The third kappa shape index (κ3) is 6.09. The van der Waals surface area contributed by atoms with Gasteiger partial charge in [0, 0.05) is 76.6 Å². The summed E-state index contributed by atoms with van der Waals surface area (Å²) in [5, 5.41) is 6.38. The highest BCUT2D eigenvalue weighted by atomic mass is 79.9. The lowest BCUT2D eigenvalue weighted by Crippen LogP contribution is -2.41. The first-order valence-electron chi connectivity index (χ1n) is 18.4. The summed E-state index contributed by atoms with van der Waals surface area (Å²) in [6.07, 6.45) is 9.90. The number of rotatable bonds is 12. The van der Waals surface area contributed by atoms with E-state index in [4.69, 9.17) is 0 Å². The summed E-state index contributed by atoms with van der Waals surface area (Å²) in [6.45, 7) is 13.5. The molecule has 5 aromatic rings. The van der Waals surface area contributed by atoms with Crippen molar-refractivity contribution < 1.29 is 19.2 Å². The van der Waals surface area contributed by atoms with Crippen LogP contribution in [-0.2, 0) is 0 Å².